The van der Waals surface area contributed by atoms with Crippen molar-refractivity contribution in [3.63, 3.8) is 0 Å². The zero-order chi connectivity index (χ0) is 16.9. The fourth-order valence-corrected chi connectivity index (χ4v) is 2.94. The van der Waals surface area contributed by atoms with Crippen molar-refractivity contribution in [3.05, 3.63) is 24.3 Å². The van der Waals surface area contributed by atoms with E-state index in [0.29, 0.717) is 11.4 Å². The average molecular weight is 368 g/mol. The SMILES string of the molecule is Cl.NC1CCC(NC(=O)COc2cccc(NC(=O)C3CC3)c2)CC1. The maximum absolute atomic E-state index is 12.0. The molecule has 0 bridgehead atoms. The van der Waals surface area contributed by atoms with Crippen LogP contribution in [0.2, 0.25) is 0 Å². The zero-order valence-electron chi connectivity index (χ0n) is 14.2. The second-order valence-electron chi connectivity index (χ2n) is 6.76. The summed E-state index contributed by atoms with van der Waals surface area (Å²) in [6.45, 7) is -0.0252. The summed E-state index contributed by atoms with van der Waals surface area (Å²) in [4.78, 5) is 23.8. The van der Waals surface area contributed by atoms with Crippen LogP contribution < -0.4 is 21.1 Å². The van der Waals surface area contributed by atoms with Crippen molar-refractivity contribution in [3.8, 4) is 5.75 Å². The summed E-state index contributed by atoms with van der Waals surface area (Å²) in [5.41, 5.74) is 6.57. The van der Waals surface area contributed by atoms with Gasteiger partial charge in [-0.15, -0.1) is 12.4 Å². The molecule has 0 unspecified atom stereocenters. The van der Waals surface area contributed by atoms with Gasteiger partial charge in [0.05, 0.1) is 0 Å². The van der Waals surface area contributed by atoms with E-state index in [-0.39, 0.29) is 48.8 Å². The molecular weight excluding hydrogens is 342 g/mol. The number of nitrogens with one attached hydrogen (secondary N) is 2. The Hall–Kier alpha value is -1.79. The van der Waals surface area contributed by atoms with Gasteiger partial charge in [0, 0.05) is 29.8 Å². The quantitative estimate of drug-likeness (QED) is 0.718. The maximum atomic E-state index is 12.0. The number of anilines is 1. The van der Waals surface area contributed by atoms with Gasteiger partial charge < -0.3 is 21.1 Å². The smallest absolute Gasteiger partial charge is 0.258 e. The number of nitrogens with two attached hydrogens (primary N) is 1. The van der Waals surface area contributed by atoms with Crippen LogP contribution in [-0.2, 0) is 9.59 Å². The van der Waals surface area contributed by atoms with Crippen LogP contribution in [0.4, 0.5) is 5.69 Å². The van der Waals surface area contributed by atoms with Crippen molar-refractivity contribution in [2.45, 2.75) is 50.6 Å². The van der Waals surface area contributed by atoms with E-state index in [4.69, 9.17) is 10.5 Å². The van der Waals surface area contributed by atoms with E-state index in [9.17, 15) is 9.59 Å². The predicted octanol–water partition coefficient (Wildman–Crippen LogP) is 2.22. The molecule has 4 N–H and O–H groups in total. The van der Waals surface area contributed by atoms with Crippen LogP contribution in [0.15, 0.2) is 24.3 Å². The van der Waals surface area contributed by atoms with Crippen molar-refractivity contribution in [2.75, 3.05) is 11.9 Å². The number of carbonyl (C=O) groups is 2. The van der Waals surface area contributed by atoms with Gasteiger partial charge in [0.2, 0.25) is 5.91 Å². The molecule has 7 heteroatoms. The van der Waals surface area contributed by atoms with E-state index in [1.165, 1.54) is 0 Å². The topological polar surface area (TPSA) is 93.4 Å². The van der Waals surface area contributed by atoms with Crippen LogP contribution in [0, 0.1) is 5.92 Å². The largest absolute Gasteiger partial charge is 0.484 e. The van der Waals surface area contributed by atoms with Crippen LogP contribution in [0.25, 0.3) is 0 Å². The highest BCUT2D eigenvalue weighted by Gasteiger charge is 2.29. The van der Waals surface area contributed by atoms with Gasteiger partial charge in [-0.25, -0.2) is 0 Å². The monoisotopic (exact) mass is 367 g/mol. The number of amides is 2. The molecule has 2 aliphatic carbocycles. The summed E-state index contributed by atoms with van der Waals surface area (Å²) in [5, 5.41) is 5.86. The van der Waals surface area contributed by atoms with Gasteiger partial charge in [-0.2, -0.15) is 0 Å². The number of carbonyl (C=O) groups excluding carboxylic acids is 2. The van der Waals surface area contributed by atoms with Crippen molar-refractivity contribution in [1.29, 1.82) is 0 Å². The van der Waals surface area contributed by atoms with Gasteiger partial charge in [-0.1, -0.05) is 6.07 Å². The molecule has 2 fully saturated rings. The predicted molar refractivity (Wildman–Crippen MR) is 98.9 cm³/mol. The number of rotatable bonds is 6. The fourth-order valence-electron chi connectivity index (χ4n) is 2.94. The van der Waals surface area contributed by atoms with Crippen LogP contribution >= 0.6 is 12.4 Å². The van der Waals surface area contributed by atoms with E-state index in [2.05, 4.69) is 10.6 Å². The highest BCUT2D eigenvalue weighted by atomic mass is 35.5. The molecule has 0 saturated heterocycles. The molecule has 2 aliphatic rings. The molecule has 0 radical (unpaired) electrons. The lowest BCUT2D eigenvalue weighted by molar-refractivity contribution is -0.124. The number of ether oxygens (including phenoxy) is 1. The Labute approximate surface area is 154 Å². The molecule has 0 aliphatic heterocycles. The highest BCUT2D eigenvalue weighted by Crippen LogP contribution is 2.30. The van der Waals surface area contributed by atoms with Gasteiger partial charge in [0.1, 0.15) is 5.75 Å². The van der Waals surface area contributed by atoms with Gasteiger partial charge >= 0.3 is 0 Å². The summed E-state index contributed by atoms with van der Waals surface area (Å²) in [6, 6.07) is 7.61. The van der Waals surface area contributed by atoms with Crippen molar-refractivity contribution < 1.29 is 14.3 Å². The van der Waals surface area contributed by atoms with Crippen LogP contribution in [-0.4, -0.2) is 30.5 Å². The Kier molecular flexibility index (Phi) is 7.08. The second-order valence-corrected chi connectivity index (χ2v) is 6.76. The van der Waals surface area contributed by atoms with E-state index < -0.39 is 0 Å². The summed E-state index contributed by atoms with van der Waals surface area (Å²) in [7, 11) is 0. The third-order valence-corrected chi connectivity index (χ3v) is 4.56. The Morgan fingerprint density at radius 1 is 1.12 bits per heavy atom. The molecule has 0 atom stereocenters. The second kappa shape index (κ2) is 9.06. The Morgan fingerprint density at radius 3 is 2.52 bits per heavy atom. The minimum atomic E-state index is -0.122. The minimum absolute atomic E-state index is 0. The molecule has 2 amide bonds. The van der Waals surface area contributed by atoms with E-state index in [1.807, 2.05) is 6.07 Å². The molecule has 0 heterocycles. The molecule has 25 heavy (non-hydrogen) atoms. The van der Waals surface area contributed by atoms with Gasteiger partial charge in [0.25, 0.3) is 5.91 Å². The summed E-state index contributed by atoms with van der Waals surface area (Å²) < 4.78 is 5.54. The zero-order valence-corrected chi connectivity index (χ0v) is 15.0. The van der Waals surface area contributed by atoms with E-state index in [1.54, 1.807) is 18.2 Å². The molecule has 6 nitrogen and oxygen atoms in total. The summed E-state index contributed by atoms with van der Waals surface area (Å²) in [5.74, 6) is 0.664. The van der Waals surface area contributed by atoms with Crippen LogP contribution in [0.1, 0.15) is 38.5 Å². The Morgan fingerprint density at radius 2 is 1.84 bits per heavy atom. The van der Waals surface area contributed by atoms with Gasteiger partial charge in [-0.3, -0.25) is 9.59 Å². The Balaban J connectivity index is 0.00000225. The normalized spacial score (nSPS) is 22.4. The third kappa shape index (κ3) is 6.21. The molecule has 0 spiro atoms. The molecule has 2 saturated carbocycles. The van der Waals surface area contributed by atoms with Gasteiger partial charge in [-0.05, 0) is 50.7 Å². The first-order valence-electron chi connectivity index (χ1n) is 8.69. The third-order valence-electron chi connectivity index (χ3n) is 4.56. The lowest BCUT2D eigenvalue weighted by atomic mass is 9.92. The molecule has 1 aromatic carbocycles. The molecule has 0 aromatic heterocycles. The standard InChI is InChI=1S/C18H25N3O3.ClH/c19-13-6-8-14(9-7-13)20-17(22)11-24-16-3-1-2-15(10-16)21-18(23)12-4-5-12;/h1-3,10,12-14H,4-9,11,19H2,(H,20,22)(H,21,23);1H. The van der Waals surface area contributed by atoms with Crippen molar-refractivity contribution in [2.24, 2.45) is 11.7 Å². The lowest BCUT2D eigenvalue weighted by Gasteiger charge is -2.26. The van der Waals surface area contributed by atoms with Crippen molar-refractivity contribution >= 4 is 29.9 Å². The van der Waals surface area contributed by atoms with Crippen LogP contribution in [0.3, 0.4) is 0 Å². The molecule has 3 rings (SSSR count). The number of hydrogen-bond acceptors (Lipinski definition) is 4. The lowest BCUT2D eigenvalue weighted by Crippen LogP contribution is -2.42. The Bertz CT molecular complexity index is 599. The number of hydrogen-bond donors (Lipinski definition) is 3. The molecule has 138 valence electrons. The number of halogens is 1. The minimum Gasteiger partial charge on any atom is -0.484 e. The van der Waals surface area contributed by atoms with Gasteiger partial charge in [0.15, 0.2) is 6.61 Å². The molecular formula is C18H26ClN3O3. The summed E-state index contributed by atoms with van der Waals surface area (Å²) >= 11 is 0. The highest BCUT2D eigenvalue weighted by molar-refractivity contribution is 5.94. The van der Waals surface area contributed by atoms with Crippen molar-refractivity contribution in [1.82, 2.24) is 5.32 Å². The van der Waals surface area contributed by atoms with E-state index in [0.717, 1.165) is 38.5 Å². The van der Waals surface area contributed by atoms with Crippen LogP contribution in [0.5, 0.6) is 5.75 Å². The number of benzene rings is 1. The maximum Gasteiger partial charge on any atom is 0.258 e. The fraction of sp³-hybridized carbons (Fsp3) is 0.556. The van der Waals surface area contributed by atoms with E-state index >= 15 is 0 Å². The first-order valence-corrected chi connectivity index (χ1v) is 8.69. The first-order chi connectivity index (χ1) is 11.6. The first kappa shape index (κ1) is 19.5. The average Bonchev–Trinajstić information content (AvgIpc) is 3.41. The molecule has 1 aromatic rings. The summed E-state index contributed by atoms with van der Waals surface area (Å²) in [6.07, 6.45) is 5.69.